The number of halogens is 2. The van der Waals surface area contributed by atoms with Crippen molar-refractivity contribution in [3.8, 4) is 0 Å². The first-order valence-corrected chi connectivity index (χ1v) is 7.48. The Hall–Kier alpha value is -1.14. The number of benzene rings is 1. The number of amides is 2. The zero-order chi connectivity index (χ0) is 15.0. The number of imide groups is 1. The standard InChI is InChI=1S/C14H14Cl2N2O3/c15-9-2-1-3-10(13(9)16)18-12(19)8-11(14(18)20)17-4-6-21-7-5-17/h1-3,11H,4-8H2/t11-/m0/s1. The van der Waals surface area contributed by atoms with Gasteiger partial charge in [-0.05, 0) is 12.1 Å². The van der Waals surface area contributed by atoms with Crippen LogP contribution in [-0.4, -0.2) is 49.1 Å². The second-order valence-electron chi connectivity index (χ2n) is 5.01. The highest BCUT2D eigenvalue weighted by atomic mass is 35.5. The van der Waals surface area contributed by atoms with E-state index in [1.807, 2.05) is 4.90 Å². The third kappa shape index (κ3) is 2.66. The van der Waals surface area contributed by atoms with Gasteiger partial charge >= 0.3 is 0 Å². The fourth-order valence-electron chi connectivity index (χ4n) is 2.71. The molecule has 0 bridgehead atoms. The Morgan fingerprint density at radius 1 is 1.14 bits per heavy atom. The first-order valence-electron chi connectivity index (χ1n) is 6.72. The predicted octanol–water partition coefficient (Wildman–Crippen LogP) is 1.96. The van der Waals surface area contributed by atoms with Gasteiger partial charge in [-0.3, -0.25) is 14.5 Å². The van der Waals surface area contributed by atoms with E-state index in [0.717, 1.165) is 4.90 Å². The maximum absolute atomic E-state index is 12.6. The van der Waals surface area contributed by atoms with Gasteiger partial charge in [0.25, 0.3) is 5.91 Å². The highest BCUT2D eigenvalue weighted by molar-refractivity contribution is 6.44. The van der Waals surface area contributed by atoms with E-state index in [-0.39, 0.29) is 23.3 Å². The van der Waals surface area contributed by atoms with Crippen molar-refractivity contribution in [2.75, 3.05) is 31.2 Å². The Kier molecular flexibility index (Phi) is 4.17. The summed E-state index contributed by atoms with van der Waals surface area (Å²) in [4.78, 5) is 28.0. The van der Waals surface area contributed by atoms with Crippen molar-refractivity contribution in [2.45, 2.75) is 12.5 Å². The van der Waals surface area contributed by atoms with Crippen LogP contribution in [0.5, 0.6) is 0 Å². The zero-order valence-electron chi connectivity index (χ0n) is 11.2. The second-order valence-corrected chi connectivity index (χ2v) is 5.79. The maximum Gasteiger partial charge on any atom is 0.251 e. The summed E-state index contributed by atoms with van der Waals surface area (Å²) in [6.07, 6.45) is 0.168. The van der Waals surface area contributed by atoms with E-state index in [0.29, 0.717) is 37.0 Å². The summed E-state index contributed by atoms with van der Waals surface area (Å²) in [6.45, 7) is 2.47. The predicted molar refractivity (Wildman–Crippen MR) is 79.8 cm³/mol. The van der Waals surface area contributed by atoms with Gasteiger partial charge in [-0.15, -0.1) is 0 Å². The smallest absolute Gasteiger partial charge is 0.251 e. The van der Waals surface area contributed by atoms with Gasteiger partial charge in [-0.25, -0.2) is 4.90 Å². The molecule has 0 N–H and O–H groups in total. The van der Waals surface area contributed by atoms with Crippen molar-refractivity contribution in [1.29, 1.82) is 0 Å². The van der Waals surface area contributed by atoms with Gasteiger partial charge in [0.2, 0.25) is 5.91 Å². The topological polar surface area (TPSA) is 49.9 Å². The third-order valence-electron chi connectivity index (χ3n) is 3.78. The number of anilines is 1. The van der Waals surface area contributed by atoms with Crippen molar-refractivity contribution in [1.82, 2.24) is 4.90 Å². The van der Waals surface area contributed by atoms with Crippen LogP contribution in [0.1, 0.15) is 6.42 Å². The molecule has 112 valence electrons. The lowest BCUT2D eigenvalue weighted by atomic mass is 10.2. The van der Waals surface area contributed by atoms with Gasteiger partial charge in [-0.2, -0.15) is 0 Å². The molecular formula is C14H14Cl2N2O3. The molecular weight excluding hydrogens is 315 g/mol. The molecule has 7 heteroatoms. The molecule has 1 aromatic carbocycles. The molecule has 0 radical (unpaired) electrons. The number of hydrogen-bond acceptors (Lipinski definition) is 4. The number of nitrogens with zero attached hydrogens (tertiary/aromatic N) is 2. The summed E-state index contributed by atoms with van der Waals surface area (Å²) in [5, 5.41) is 0.549. The normalized spacial score (nSPS) is 23.9. The number of carbonyl (C=O) groups is 2. The Balaban J connectivity index is 1.88. The fourth-order valence-corrected chi connectivity index (χ4v) is 3.09. The molecule has 2 heterocycles. The van der Waals surface area contributed by atoms with Crippen LogP contribution in [0.2, 0.25) is 10.0 Å². The van der Waals surface area contributed by atoms with E-state index >= 15 is 0 Å². The molecule has 2 amide bonds. The van der Waals surface area contributed by atoms with Crippen molar-refractivity contribution < 1.29 is 14.3 Å². The van der Waals surface area contributed by atoms with Crippen molar-refractivity contribution in [2.24, 2.45) is 0 Å². The summed E-state index contributed by atoms with van der Waals surface area (Å²) in [7, 11) is 0. The van der Waals surface area contributed by atoms with Crippen LogP contribution >= 0.6 is 23.2 Å². The van der Waals surface area contributed by atoms with Crippen LogP contribution in [0.4, 0.5) is 5.69 Å². The van der Waals surface area contributed by atoms with Gasteiger partial charge in [-0.1, -0.05) is 29.3 Å². The van der Waals surface area contributed by atoms with E-state index in [2.05, 4.69) is 0 Å². The Bertz CT molecular complexity index is 588. The average Bonchev–Trinajstić information content (AvgIpc) is 2.78. The number of hydrogen-bond donors (Lipinski definition) is 0. The molecule has 3 rings (SSSR count). The molecule has 2 saturated heterocycles. The van der Waals surface area contributed by atoms with Gasteiger partial charge < -0.3 is 4.74 Å². The Morgan fingerprint density at radius 3 is 2.57 bits per heavy atom. The highest BCUT2D eigenvalue weighted by Gasteiger charge is 2.43. The van der Waals surface area contributed by atoms with Crippen LogP contribution in [-0.2, 0) is 14.3 Å². The van der Waals surface area contributed by atoms with Crippen molar-refractivity contribution in [3.05, 3.63) is 28.2 Å². The summed E-state index contributed by atoms with van der Waals surface area (Å²) in [5.74, 6) is -0.494. The molecule has 0 aromatic heterocycles. The fraction of sp³-hybridized carbons (Fsp3) is 0.429. The molecule has 2 aliphatic rings. The SMILES string of the molecule is O=C1C[C@H](N2CCOCC2)C(=O)N1c1cccc(Cl)c1Cl. The van der Waals surface area contributed by atoms with Crippen molar-refractivity contribution >= 4 is 40.7 Å². The number of ether oxygens (including phenoxy) is 1. The van der Waals surface area contributed by atoms with Crippen molar-refractivity contribution in [3.63, 3.8) is 0 Å². The number of carbonyl (C=O) groups excluding carboxylic acids is 2. The molecule has 2 aliphatic heterocycles. The Labute approximate surface area is 132 Å². The minimum atomic E-state index is -0.434. The molecule has 21 heavy (non-hydrogen) atoms. The molecule has 5 nitrogen and oxygen atoms in total. The third-order valence-corrected chi connectivity index (χ3v) is 4.59. The Morgan fingerprint density at radius 2 is 1.86 bits per heavy atom. The molecule has 0 saturated carbocycles. The molecule has 0 spiro atoms. The van der Waals surface area contributed by atoms with E-state index in [9.17, 15) is 9.59 Å². The summed E-state index contributed by atoms with van der Waals surface area (Å²) in [5.41, 5.74) is 0.356. The van der Waals surface area contributed by atoms with Crippen LogP contribution < -0.4 is 4.90 Å². The highest BCUT2D eigenvalue weighted by Crippen LogP contribution is 2.35. The van der Waals surface area contributed by atoms with Gasteiger partial charge in [0.15, 0.2) is 0 Å². The monoisotopic (exact) mass is 328 g/mol. The lowest BCUT2D eigenvalue weighted by molar-refractivity contribution is -0.123. The average molecular weight is 329 g/mol. The van der Waals surface area contributed by atoms with Crippen LogP contribution in [0, 0.1) is 0 Å². The van der Waals surface area contributed by atoms with Gasteiger partial charge in [0.1, 0.15) is 0 Å². The molecule has 0 unspecified atom stereocenters. The number of morpholine rings is 1. The quantitative estimate of drug-likeness (QED) is 0.779. The van der Waals surface area contributed by atoms with E-state index in [1.165, 1.54) is 0 Å². The minimum Gasteiger partial charge on any atom is -0.379 e. The zero-order valence-corrected chi connectivity index (χ0v) is 12.7. The maximum atomic E-state index is 12.6. The van der Waals surface area contributed by atoms with Crippen LogP contribution in [0.3, 0.4) is 0 Å². The summed E-state index contributed by atoms with van der Waals surface area (Å²) in [6, 6.07) is 4.49. The first-order chi connectivity index (χ1) is 10.1. The second kappa shape index (κ2) is 5.93. The van der Waals surface area contributed by atoms with E-state index < -0.39 is 6.04 Å². The van der Waals surface area contributed by atoms with E-state index in [4.69, 9.17) is 27.9 Å². The lowest BCUT2D eigenvalue weighted by Gasteiger charge is -2.30. The largest absolute Gasteiger partial charge is 0.379 e. The molecule has 1 atom stereocenters. The first kappa shape index (κ1) is 14.8. The lowest BCUT2D eigenvalue weighted by Crippen LogP contribution is -2.47. The summed E-state index contributed by atoms with van der Waals surface area (Å²) >= 11 is 12.1. The molecule has 2 fully saturated rings. The van der Waals surface area contributed by atoms with Crippen LogP contribution in [0.25, 0.3) is 0 Å². The van der Waals surface area contributed by atoms with Gasteiger partial charge in [0.05, 0.1) is 41.4 Å². The number of rotatable bonds is 2. The minimum absolute atomic E-state index is 0.168. The van der Waals surface area contributed by atoms with Gasteiger partial charge in [0, 0.05) is 13.1 Å². The van der Waals surface area contributed by atoms with Crippen LogP contribution in [0.15, 0.2) is 18.2 Å². The summed E-state index contributed by atoms with van der Waals surface area (Å²) < 4.78 is 5.28. The molecule has 1 aromatic rings. The molecule has 0 aliphatic carbocycles. The van der Waals surface area contributed by atoms with E-state index in [1.54, 1.807) is 18.2 Å².